The van der Waals surface area contributed by atoms with E-state index in [1.165, 1.54) is 0 Å². The third-order valence-corrected chi connectivity index (χ3v) is 4.19. The number of benzene rings is 1. The molecule has 0 aromatic heterocycles. The largest absolute Gasteiger partial charge is 0.383 e. The summed E-state index contributed by atoms with van der Waals surface area (Å²) in [5.41, 5.74) is -0.108. The van der Waals surface area contributed by atoms with Crippen LogP contribution in [-0.2, 0) is 5.60 Å². The molecule has 2 heteroatoms. The highest BCUT2D eigenvalue weighted by Crippen LogP contribution is 2.44. The van der Waals surface area contributed by atoms with Crippen LogP contribution in [0.1, 0.15) is 39.7 Å². The summed E-state index contributed by atoms with van der Waals surface area (Å²) in [4.78, 5) is 0. The van der Waals surface area contributed by atoms with E-state index in [2.05, 4.69) is 33.0 Å². The monoisotopic (exact) mass is 233 g/mol. The highest BCUT2D eigenvalue weighted by Gasteiger charge is 2.52. The van der Waals surface area contributed by atoms with Crippen molar-refractivity contribution in [2.24, 2.45) is 5.92 Å². The lowest BCUT2D eigenvalue weighted by Crippen LogP contribution is -2.66. The van der Waals surface area contributed by atoms with Gasteiger partial charge in [0.2, 0.25) is 0 Å². The molecule has 1 aliphatic heterocycles. The molecule has 1 aromatic rings. The second-order valence-corrected chi connectivity index (χ2v) is 5.94. The first kappa shape index (κ1) is 12.6. The van der Waals surface area contributed by atoms with Crippen molar-refractivity contribution in [1.82, 2.24) is 5.32 Å². The Morgan fingerprint density at radius 3 is 2.29 bits per heavy atom. The van der Waals surface area contributed by atoms with Crippen LogP contribution >= 0.6 is 0 Å². The fraction of sp³-hybridized carbons (Fsp3) is 0.600. The third kappa shape index (κ3) is 1.90. The van der Waals surface area contributed by atoms with Gasteiger partial charge in [0.25, 0.3) is 0 Å². The molecular weight excluding hydrogens is 210 g/mol. The van der Waals surface area contributed by atoms with Crippen LogP contribution in [0.15, 0.2) is 30.3 Å². The minimum atomic E-state index is -0.805. The number of hydrogen-bond acceptors (Lipinski definition) is 2. The molecule has 2 nitrogen and oxygen atoms in total. The summed E-state index contributed by atoms with van der Waals surface area (Å²) in [5, 5.41) is 14.7. The minimum absolute atomic E-state index is 0.246. The van der Waals surface area contributed by atoms with E-state index in [-0.39, 0.29) is 11.5 Å². The summed E-state index contributed by atoms with van der Waals surface area (Å²) >= 11 is 0. The van der Waals surface area contributed by atoms with Gasteiger partial charge in [-0.2, -0.15) is 0 Å². The Morgan fingerprint density at radius 2 is 1.76 bits per heavy atom. The van der Waals surface area contributed by atoms with Crippen LogP contribution in [0.4, 0.5) is 0 Å². The molecule has 1 aliphatic rings. The van der Waals surface area contributed by atoms with Crippen LogP contribution in [0.2, 0.25) is 0 Å². The average Bonchev–Trinajstić information content (AvgIpc) is 2.26. The van der Waals surface area contributed by atoms with Crippen molar-refractivity contribution in [3.8, 4) is 0 Å². The highest BCUT2D eigenvalue weighted by atomic mass is 16.3. The van der Waals surface area contributed by atoms with Crippen LogP contribution < -0.4 is 5.32 Å². The van der Waals surface area contributed by atoms with Crippen molar-refractivity contribution < 1.29 is 5.11 Å². The maximum Gasteiger partial charge on any atom is 0.110 e. The first-order chi connectivity index (χ1) is 7.88. The van der Waals surface area contributed by atoms with Crippen molar-refractivity contribution in [3.63, 3.8) is 0 Å². The van der Waals surface area contributed by atoms with Crippen LogP contribution in [0.25, 0.3) is 0 Å². The second kappa shape index (κ2) is 4.11. The lowest BCUT2D eigenvalue weighted by Gasteiger charge is -2.53. The number of nitrogens with one attached hydrogen (secondary N) is 1. The van der Waals surface area contributed by atoms with E-state index in [9.17, 15) is 5.11 Å². The van der Waals surface area contributed by atoms with E-state index in [1.54, 1.807) is 0 Å². The molecule has 0 radical (unpaired) electrons. The molecule has 94 valence electrons. The van der Waals surface area contributed by atoms with Gasteiger partial charge >= 0.3 is 0 Å². The molecule has 1 saturated heterocycles. The summed E-state index contributed by atoms with van der Waals surface area (Å²) < 4.78 is 0. The van der Waals surface area contributed by atoms with Crippen molar-refractivity contribution in [2.45, 2.75) is 51.3 Å². The number of piperidine rings is 1. The SMILES string of the molecule is C[C@@H]1C[C@H](C)[C@@](O)(c2ccccc2)C(C)(C)N1. The van der Waals surface area contributed by atoms with Crippen molar-refractivity contribution in [1.29, 1.82) is 0 Å². The van der Waals surface area contributed by atoms with Gasteiger partial charge in [0.1, 0.15) is 5.60 Å². The van der Waals surface area contributed by atoms with Crippen molar-refractivity contribution in [3.05, 3.63) is 35.9 Å². The molecule has 2 N–H and O–H groups in total. The maximum absolute atomic E-state index is 11.2. The third-order valence-electron chi connectivity index (χ3n) is 4.19. The zero-order valence-corrected chi connectivity index (χ0v) is 11.2. The van der Waals surface area contributed by atoms with E-state index in [1.807, 2.05) is 30.3 Å². The molecule has 1 fully saturated rings. The topological polar surface area (TPSA) is 32.3 Å². The molecule has 0 spiro atoms. The summed E-state index contributed by atoms with van der Waals surface area (Å²) in [6.45, 7) is 8.51. The molecule has 0 bridgehead atoms. The van der Waals surface area contributed by atoms with Gasteiger partial charge in [-0.1, -0.05) is 37.3 Å². The van der Waals surface area contributed by atoms with Gasteiger partial charge < -0.3 is 10.4 Å². The predicted molar refractivity (Wildman–Crippen MR) is 70.8 cm³/mol. The smallest absolute Gasteiger partial charge is 0.110 e. The Labute approximate surface area is 104 Å². The lowest BCUT2D eigenvalue weighted by molar-refractivity contribution is -0.117. The standard InChI is InChI=1S/C15H23NO/c1-11-10-12(2)16-14(3,4)15(11,17)13-8-6-5-7-9-13/h5-9,11-12,16-17H,10H2,1-4H3/t11-,12+,15+/m0/s1. The summed E-state index contributed by atoms with van der Waals surface area (Å²) in [6, 6.07) is 10.5. The van der Waals surface area contributed by atoms with Gasteiger partial charge in [-0.3, -0.25) is 0 Å². The zero-order chi connectivity index (χ0) is 12.7. The summed E-state index contributed by atoms with van der Waals surface area (Å²) in [7, 11) is 0. The molecule has 17 heavy (non-hydrogen) atoms. The number of hydrogen-bond donors (Lipinski definition) is 2. The van der Waals surface area contributed by atoms with E-state index in [4.69, 9.17) is 0 Å². The molecule has 0 unspecified atom stereocenters. The summed E-state index contributed by atoms with van der Waals surface area (Å²) in [5.74, 6) is 0.246. The average molecular weight is 233 g/mol. The normalized spacial score (nSPS) is 36.8. The molecule has 0 amide bonds. The fourth-order valence-corrected chi connectivity index (χ4v) is 3.44. The second-order valence-electron chi connectivity index (χ2n) is 5.94. The molecule has 1 aromatic carbocycles. The number of rotatable bonds is 1. The Bertz CT molecular complexity index is 387. The van der Waals surface area contributed by atoms with Crippen LogP contribution in [0.3, 0.4) is 0 Å². The van der Waals surface area contributed by atoms with E-state index >= 15 is 0 Å². The number of aliphatic hydroxyl groups is 1. The first-order valence-corrected chi connectivity index (χ1v) is 6.43. The minimum Gasteiger partial charge on any atom is -0.383 e. The van der Waals surface area contributed by atoms with Crippen LogP contribution in [0, 0.1) is 5.92 Å². The van der Waals surface area contributed by atoms with Gasteiger partial charge in [0.05, 0.1) is 0 Å². The van der Waals surface area contributed by atoms with Crippen LogP contribution in [-0.4, -0.2) is 16.7 Å². The Balaban J connectivity index is 2.47. The quantitative estimate of drug-likeness (QED) is 0.781. The molecule has 1 heterocycles. The summed E-state index contributed by atoms with van der Waals surface area (Å²) in [6.07, 6.45) is 0.995. The Morgan fingerprint density at radius 1 is 1.18 bits per heavy atom. The highest BCUT2D eigenvalue weighted by molar-refractivity contribution is 5.29. The fourth-order valence-electron chi connectivity index (χ4n) is 3.44. The van der Waals surface area contributed by atoms with Gasteiger partial charge in [-0.05, 0) is 38.7 Å². The Kier molecular flexibility index (Phi) is 3.04. The van der Waals surface area contributed by atoms with Crippen LogP contribution in [0.5, 0.6) is 0 Å². The van der Waals surface area contributed by atoms with Crippen molar-refractivity contribution >= 4 is 0 Å². The Hall–Kier alpha value is -0.860. The van der Waals surface area contributed by atoms with Gasteiger partial charge in [0, 0.05) is 11.6 Å². The predicted octanol–water partition coefficient (Wildman–Crippen LogP) is 2.67. The van der Waals surface area contributed by atoms with Gasteiger partial charge in [-0.15, -0.1) is 0 Å². The van der Waals surface area contributed by atoms with Gasteiger partial charge in [0.15, 0.2) is 0 Å². The van der Waals surface area contributed by atoms with E-state index in [0.29, 0.717) is 6.04 Å². The lowest BCUT2D eigenvalue weighted by atomic mass is 9.65. The molecule has 3 atom stereocenters. The van der Waals surface area contributed by atoms with E-state index < -0.39 is 5.60 Å². The molecular formula is C15H23NO. The zero-order valence-electron chi connectivity index (χ0n) is 11.2. The van der Waals surface area contributed by atoms with Crippen molar-refractivity contribution in [2.75, 3.05) is 0 Å². The maximum atomic E-state index is 11.2. The molecule has 0 saturated carbocycles. The molecule has 2 rings (SSSR count). The van der Waals surface area contributed by atoms with E-state index in [0.717, 1.165) is 12.0 Å². The molecule has 0 aliphatic carbocycles. The first-order valence-electron chi connectivity index (χ1n) is 6.43. The van der Waals surface area contributed by atoms with Gasteiger partial charge in [-0.25, -0.2) is 0 Å².